The maximum absolute atomic E-state index is 14.6. The molecular weight excluding hydrogens is 472 g/mol. The van der Waals surface area contributed by atoms with Crippen molar-refractivity contribution < 1.29 is 29.3 Å². The van der Waals surface area contributed by atoms with Crippen molar-refractivity contribution in [2.45, 2.75) is 50.5 Å². The maximum Gasteiger partial charge on any atom is 0.310 e. The van der Waals surface area contributed by atoms with Gasteiger partial charge in [-0.3, -0.25) is 14.4 Å². The van der Waals surface area contributed by atoms with Gasteiger partial charge in [-0.05, 0) is 43.4 Å². The average Bonchev–Trinajstić information content (AvgIpc) is 3.52. The minimum absolute atomic E-state index is 0.199. The van der Waals surface area contributed by atoms with Crippen LogP contribution in [0.5, 0.6) is 0 Å². The van der Waals surface area contributed by atoms with Gasteiger partial charge in [0.2, 0.25) is 5.91 Å². The topological polar surface area (TPSA) is 107 Å². The van der Waals surface area contributed by atoms with Gasteiger partial charge >= 0.3 is 5.97 Å². The Labute approximate surface area is 216 Å². The Hall–Kier alpha value is -3.49. The Morgan fingerprint density at radius 1 is 1.19 bits per heavy atom. The SMILES string of the molecule is C=CCN(C(=O)[C@@H]1N([C@H](CO)c2ccccc2)C(=O)[C@H]2[C@H](C(=O)O)[C@@H]3CC[C@]12O3)c1c(C)cccc1C. The van der Waals surface area contributed by atoms with Crippen molar-refractivity contribution in [1.82, 2.24) is 4.90 Å². The number of aliphatic carboxylic acids is 1. The smallest absolute Gasteiger partial charge is 0.310 e. The lowest BCUT2D eigenvalue weighted by molar-refractivity contribution is -0.151. The Morgan fingerprint density at radius 3 is 2.46 bits per heavy atom. The summed E-state index contributed by atoms with van der Waals surface area (Å²) in [5.41, 5.74) is 1.89. The number of aliphatic hydroxyl groups is 1. The molecule has 2 aromatic rings. The van der Waals surface area contributed by atoms with Gasteiger partial charge in [-0.15, -0.1) is 6.58 Å². The van der Waals surface area contributed by atoms with Crippen molar-refractivity contribution in [3.63, 3.8) is 0 Å². The molecule has 2 aromatic carbocycles. The number of carbonyl (C=O) groups is 3. The van der Waals surface area contributed by atoms with E-state index in [4.69, 9.17) is 4.74 Å². The van der Waals surface area contributed by atoms with E-state index in [1.54, 1.807) is 35.2 Å². The highest BCUT2D eigenvalue weighted by atomic mass is 16.5. The Balaban J connectivity index is 1.68. The van der Waals surface area contributed by atoms with Gasteiger partial charge in [0.15, 0.2) is 0 Å². The van der Waals surface area contributed by atoms with Crippen LogP contribution in [-0.2, 0) is 19.1 Å². The normalized spacial score (nSPS) is 28.7. The van der Waals surface area contributed by atoms with Crippen LogP contribution in [0.4, 0.5) is 5.69 Å². The number of rotatable bonds is 8. The summed E-state index contributed by atoms with van der Waals surface area (Å²) in [7, 11) is 0. The van der Waals surface area contributed by atoms with Crippen molar-refractivity contribution in [1.29, 1.82) is 0 Å². The molecule has 1 spiro atoms. The van der Waals surface area contributed by atoms with Crippen molar-refractivity contribution in [3.05, 3.63) is 77.9 Å². The fraction of sp³-hybridized carbons (Fsp3) is 0.414. The summed E-state index contributed by atoms with van der Waals surface area (Å²) in [6.45, 7) is 7.47. The summed E-state index contributed by atoms with van der Waals surface area (Å²) in [5.74, 6) is -3.97. The number of carboxylic acid groups (broad SMARTS) is 1. The van der Waals surface area contributed by atoms with Gasteiger partial charge in [-0.25, -0.2) is 0 Å². The number of ether oxygens (including phenoxy) is 1. The number of para-hydroxylation sites is 1. The molecule has 3 aliphatic heterocycles. The van der Waals surface area contributed by atoms with E-state index in [9.17, 15) is 24.6 Å². The number of fused-ring (bicyclic) bond motifs is 1. The Kier molecular flexibility index (Phi) is 6.41. The highest BCUT2D eigenvalue weighted by Crippen LogP contribution is 2.60. The molecule has 194 valence electrons. The van der Waals surface area contributed by atoms with Crippen LogP contribution in [0.2, 0.25) is 0 Å². The number of aryl methyl sites for hydroxylation is 2. The molecule has 0 unspecified atom stereocenters. The molecule has 2 amide bonds. The van der Waals surface area contributed by atoms with E-state index in [0.29, 0.717) is 18.4 Å². The first-order valence-electron chi connectivity index (χ1n) is 12.6. The van der Waals surface area contributed by atoms with E-state index in [1.165, 1.54) is 4.90 Å². The summed E-state index contributed by atoms with van der Waals surface area (Å²) < 4.78 is 6.35. The number of carbonyl (C=O) groups excluding carboxylic acids is 2. The van der Waals surface area contributed by atoms with E-state index < -0.39 is 54.1 Å². The van der Waals surface area contributed by atoms with E-state index in [0.717, 1.165) is 16.8 Å². The number of nitrogens with zero attached hydrogens (tertiary/aromatic N) is 2. The van der Waals surface area contributed by atoms with Crippen LogP contribution >= 0.6 is 0 Å². The summed E-state index contributed by atoms with van der Waals surface area (Å²) in [6.07, 6.45) is 1.86. The zero-order valence-corrected chi connectivity index (χ0v) is 21.0. The van der Waals surface area contributed by atoms with Crippen LogP contribution in [0.25, 0.3) is 0 Å². The first kappa shape index (κ1) is 25.2. The monoisotopic (exact) mass is 504 g/mol. The van der Waals surface area contributed by atoms with Gasteiger partial charge in [-0.1, -0.05) is 54.6 Å². The van der Waals surface area contributed by atoms with Crippen LogP contribution in [0.3, 0.4) is 0 Å². The first-order valence-corrected chi connectivity index (χ1v) is 12.6. The standard InChI is InChI=1S/C29H32N2O6/c1-4-15-30(24-17(2)9-8-10-18(24)3)27(34)25-29-14-13-21(37-29)22(28(35)36)23(29)26(33)31(25)20(16-32)19-11-6-5-7-12-19/h4-12,20-23,25,32H,1,13-16H2,2-3H3,(H,35,36)/t20-,21+,22-,23-,25+,29-/m1/s1. The Bertz CT molecular complexity index is 1230. The van der Waals surface area contributed by atoms with E-state index in [-0.39, 0.29) is 12.5 Å². The third-order valence-electron chi connectivity index (χ3n) is 8.24. The van der Waals surface area contributed by atoms with Gasteiger partial charge in [-0.2, -0.15) is 0 Å². The molecule has 37 heavy (non-hydrogen) atoms. The predicted molar refractivity (Wildman–Crippen MR) is 137 cm³/mol. The zero-order chi connectivity index (χ0) is 26.5. The molecule has 3 fully saturated rings. The number of aliphatic hydroxyl groups excluding tert-OH is 1. The molecule has 2 N–H and O–H groups in total. The number of hydrogen-bond acceptors (Lipinski definition) is 5. The lowest BCUT2D eigenvalue weighted by atomic mass is 9.70. The molecule has 0 saturated carbocycles. The third kappa shape index (κ3) is 3.69. The molecule has 3 heterocycles. The summed E-state index contributed by atoms with van der Waals surface area (Å²) in [5, 5.41) is 20.6. The molecule has 8 nitrogen and oxygen atoms in total. The zero-order valence-electron chi connectivity index (χ0n) is 21.0. The largest absolute Gasteiger partial charge is 0.481 e. The molecule has 6 atom stereocenters. The summed E-state index contributed by atoms with van der Waals surface area (Å²) >= 11 is 0. The number of benzene rings is 2. The number of anilines is 1. The van der Waals surface area contributed by atoms with E-state index in [1.807, 2.05) is 38.1 Å². The number of amides is 2. The van der Waals surface area contributed by atoms with Crippen LogP contribution < -0.4 is 4.90 Å². The van der Waals surface area contributed by atoms with E-state index >= 15 is 0 Å². The second-order valence-electron chi connectivity index (χ2n) is 10.2. The second kappa shape index (κ2) is 9.43. The van der Waals surface area contributed by atoms with Crippen molar-refractivity contribution >= 4 is 23.5 Å². The molecule has 5 rings (SSSR count). The molecular formula is C29H32N2O6. The molecule has 3 aliphatic rings. The van der Waals surface area contributed by atoms with Crippen molar-refractivity contribution in [2.75, 3.05) is 18.1 Å². The van der Waals surface area contributed by atoms with Gasteiger partial charge in [0.25, 0.3) is 5.91 Å². The highest BCUT2D eigenvalue weighted by Gasteiger charge is 2.75. The second-order valence-corrected chi connectivity index (χ2v) is 10.2. The minimum Gasteiger partial charge on any atom is -0.481 e. The molecule has 0 aliphatic carbocycles. The van der Waals surface area contributed by atoms with Crippen LogP contribution in [0.1, 0.15) is 35.6 Å². The van der Waals surface area contributed by atoms with Crippen LogP contribution in [-0.4, -0.2) is 63.8 Å². The number of likely N-dealkylation sites (tertiary alicyclic amines) is 1. The summed E-state index contributed by atoms with van der Waals surface area (Å²) in [4.78, 5) is 44.1. The minimum atomic E-state index is -1.28. The fourth-order valence-electron chi connectivity index (χ4n) is 6.82. The first-order chi connectivity index (χ1) is 17.8. The molecule has 3 saturated heterocycles. The van der Waals surface area contributed by atoms with Gasteiger partial charge in [0, 0.05) is 12.2 Å². The van der Waals surface area contributed by atoms with Gasteiger partial charge in [0.05, 0.1) is 30.6 Å². The van der Waals surface area contributed by atoms with Crippen molar-refractivity contribution in [3.8, 4) is 0 Å². The van der Waals surface area contributed by atoms with E-state index in [2.05, 4.69) is 6.58 Å². The molecule has 0 aromatic heterocycles. The lowest BCUT2D eigenvalue weighted by Gasteiger charge is -2.40. The lowest BCUT2D eigenvalue weighted by Crippen LogP contribution is -2.57. The fourth-order valence-corrected chi connectivity index (χ4v) is 6.82. The number of hydrogen-bond donors (Lipinski definition) is 2. The molecule has 8 heteroatoms. The average molecular weight is 505 g/mol. The molecule has 0 radical (unpaired) electrons. The summed E-state index contributed by atoms with van der Waals surface area (Å²) in [6, 6.07) is 12.8. The predicted octanol–water partition coefficient (Wildman–Crippen LogP) is 3.02. The van der Waals surface area contributed by atoms with Crippen LogP contribution in [0, 0.1) is 25.7 Å². The van der Waals surface area contributed by atoms with Crippen molar-refractivity contribution in [2.24, 2.45) is 11.8 Å². The third-order valence-corrected chi connectivity index (χ3v) is 8.24. The molecule has 2 bridgehead atoms. The Morgan fingerprint density at radius 2 is 1.86 bits per heavy atom. The van der Waals surface area contributed by atoms with Crippen LogP contribution in [0.15, 0.2) is 61.2 Å². The highest BCUT2D eigenvalue weighted by molar-refractivity contribution is 6.05. The van der Waals surface area contributed by atoms with Gasteiger partial charge < -0.3 is 24.7 Å². The number of carboxylic acids is 1. The quantitative estimate of drug-likeness (QED) is 0.535. The maximum atomic E-state index is 14.6. The van der Waals surface area contributed by atoms with Gasteiger partial charge in [0.1, 0.15) is 11.6 Å².